The van der Waals surface area contributed by atoms with Crippen molar-refractivity contribution in [1.29, 1.82) is 0 Å². The minimum Gasteiger partial charge on any atom is -0.457 e. The molecule has 12 heteroatoms. The second kappa shape index (κ2) is 21.5. The summed E-state index contributed by atoms with van der Waals surface area (Å²) in [7, 11) is -3.32. The number of carbonyl (C=O) groups is 1. The number of nitrogens with zero attached hydrogens (tertiary/aromatic N) is 2. The van der Waals surface area contributed by atoms with Gasteiger partial charge in [0.25, 0.3) is 14.2 Å². The molecule has 0 saturated carbocycles. The molecule has 9 aromatic carbocycles. The number of amides is 1. The van der Waals surface area contributed by atoms with Crippen LogP contribution in [0.2, 0.25) is 5.04 Å². The van der Waals surface area contributed by atoms with Crippen molar-refractivity contribution in [2.75, 3.05) is 11.9 Å². The molecule has 1 saturated heterocycles. The zero-order valence-electron chi connectivity index (χ0n) is 45.5. The monoisotopic (exact) mass is 1100 g/mol. The lowest BCUT2D eigenvalue weighted by Crippen LogP contribution is -2.67. The van der Waals surface area contributed by atoms with Gasteiger partial charge in [0.15, 0.2) is 17.4 Å². The van der Waals surface area contributed by atoms with Crippen LogP contribution in [0.1, 0.15) is 70.7 Å². The Morgan fingerprint density at radius 2 is 0.915 bits per heavy atom. The van der Waals surface area contributed by atoms with E-state index in [1.54, 1.807) is 36.5 Å². The number of benzene rings is 9. The van der Waals surface area contributed by atoms with Crippen molar-refractivity contribution in [2.45, 2.75) is 61.6 Å². The van der Waals surface area contributed by atoms with Gasteiger partial charge in [-0.2, -0.15) is 4.98 Å². The first-order chi connectivity index (χ1) is 40.1. The third-order valence-electron chi connectivity index (χ3n) is 16.0. The molecule has 0 unspecified atom stereocenters. The van der Waals surface area contributed by atoms with E-state index >= 15 is 4.79 Å². The maximum absolute atomic E-state index is 15.2. The second-order valence-corrected chi connectivity index (χ2v) is 26.1. The number of hydrogen-bond donors (Lipinski definition) is 1. The average Bonchev–Trinajstić information content (AvgIpc) is 2.27. The molecule has 0 radical (unpaired) electrons. The molecule has 82 heavy (non-hydrogen) atoms. The molecule has 0 bridgehead atoms. The summed E-state index contributed by atoms with van der Waals surface area (Å²) in [6, 6.07) is 83.3. The van der Waals surface area contributed by atoms with E-state index in [1.165, 1.54) is 4.57 Å². The van der Waals surface area contributed by atoms with Crippen LogP contribution in [0, 0.1) is 0 Å². The molecule has 3 aliphatic heterocycles. The van der Waals surface area contributed by atoms with Crippen molar-refractivity contribution in [3.8, 4) is 23.0 Å². The average molecular weight is 1100 g/mol. The van der Waals surface area contributed by atoms with Gasteiger partial charge in [-0.15, -0.1) is 0 Å². The highest BCUT2D eigenvalue weighted by Crippen LogP contribution is 2.58. The van der Waals surface area contributed by atoms with Crippen molar-refractivity contribution in [1.82, 2.24) is 9.55 Å². The summed E-state index contributed by atoms with van der Waals surface area (Å²) in [5.41, 5.74) is 1.48. The summed E-state index contributed by atoms with van der Waals surface area (Å²) in [5.74, 6) is 2.06. The fourth-order valence-corrected chi connectivity index (χ4v) is 17.0. The highest BCUT2D eigenvalue weighted by Gasteiger charge is 2.60. The smallest absolute Gasteiger partial charge is 0.351 e. The van der Waals surface area contributed by atoms with E-state index in [9.17, 15) is 4.79 Å². The molecule has 1 N–H and O–H groups in total. The van der Waals surface area contributed by atoms with Crippen LogP contribution < -0.4 is 30.9 Å². The Morgan fingerprint density at radius 3 is 1.34 bits per heavy atom. The number of fused-ring (bicyclic) bond motifs is 4. The third kappa shape index (κ3) is 8.96. The van der Waals surface area contributed by atoms with Crippen LogP contribution in [0.3, 0.4) is 0 Å². The van der Waals surface area contributed by atoms with Gasteiger partial charge in [0.05, 0.1) is 6.61 Å². The van der Waals surface area contributed by atoms with Crippen LogP contribution in [0.4, 0.5) is 5.82 Å². The first kappa shape index (κ1) is 52.4. The minimum atomic E-state index is -3.32. The van der Waals surface area contributed by atoms with E-state index in [0.717, 1.165) is 43.8 Å². The molecule has 406 valence electrons. The maximum atomic E-state index is 15.2. The Labute approximate surface area is 477 Å². The van der Waals surface area contributed by atoms with Crippen molar-refractivity contribution >= 4 is 30.4 Å². The van der Waals surface area contributed by atoms with Crippen molar-refractivity contribution in [2.24, 2.45) is 0 Å². The van der Waals surface area contributed by atoms with E-state index in [-0.39, 0.29) is 12.4 Å². The Balaban J connectivity index is 1.07. The predicted molar refractivity (Wildman–Crippen MR) is 319 cm³/mol. The molecular formula is C70H59N3O8Si. The molecule has 3 aliphatic rings. The van der Waals surface area contributed by atoms with Crippen LogP contribution in [0.15, 0.2) is 266 Å². The molecule has 0 aliphatic carbocycles. The summed E-state index contributed by atoms with van der Waals surface area (Å²) in [6.45, 7) is 6.71. The van der Waals surface area contributed by atoms with Gasteiger partial charge in [0.1, 0.15) is 47.1 Å². The van der Waals surface area contributed by atoms with Crippen molar-refractivity contribution < 1.29 is 32.9 Å². The lowest BCUT2D eigenvalue weighted by atomic mass is 9.77. The number of rotatable bonds is 14. The number of aromatic nitrogens is 2. The van der Waals surface area contributed by atoms with E-state index in [0.29, 0.717) is 28.6 Å². The summed E-state index contributed by atoms with van der Waals surface area (Å²) in [6.07, 6.45) is -2.89. The molecule has 4 atom stereocenters. The van der Waals surface area contributed by atoms with Crippen LogP contribution in [0.25, 0.3) is 0 Å². The minimum absolute atomic E-state index is 0.0129. The Morgan fingerprint density at radius 1 is 0.524 bits per heavy atom. The third-order valence-corrected chi connectivity index (χ3v) is 21.0. The quantitative estimate of drug-likeness (QED) is 0.106. The van der Waals surface area contributed by atoms with Crippen LogP contribution >= 0.6 is 0 Å². The maximum Gasteiger partial charge on any atom is 0.351 e. The van der Waals surface area contributed by atoms with Gasteiger partial charge in [-0.25, -0.2) is 4.79 Å². The first-order valence-electron chi connectivity index (χ1n) is 27.6. The summed E-state index contributed by atoms with van der Waals surface area (Å²) in [4.78, 5) is 33.3. The van der Waals surface area contributed by atoms with Gasteiger partial charge < -0.3 is 33.4 Å². The lowest BCUT2D eigenvalue weighted by molar-refractivity contribution is -0.158. The molecule has 0 spiro atoms. The van der Waals surface area contributed by atoms with Crippen molar-refractivity contribution in [3.05, 3.63) is 310 Å². The molecule has 1 aromatic heterocycles. The number of ether oxygens (including phenoxy) is 5. The number of carbonyl (C=O) groups excluding carboxylic acids is 1. The Bertz CT molecular complexity index is 3840. The molecular weight excluding hydrogens is 1040 g/mol. The SMILES string of the molecule is CC(C)(C)[Si](OC[C@H]1O[C@@H](n2ccc(NC(=O)c3ccccc3)nc2=O)[C@H](OC2(c3ccccc3)c3ccccc3Oc3ccccc32)[C@@H]1OC1(c2ccccc2)c2ccccc2Oc2ccccc21)(c1ccccc1)c1ccccc1. The number of anilines is 1. The van der Waals surface area contributed by atoms with E-state index in [4.69, 9.17) is 28.1 Å². The van der Waals surface area contributed by atoms with Crippen LogP contribution in [-0.2, 0) is 29.8 Å². The van der Waals surface area contributed by atoms with Gasteiger partial charge in [0.2, 0.25) is 0 Å². The first-order valence-corrected chi connectivity index (χ1v) is 29.6. The van der Waals surface area contributed by atoms with Gasteiger partial charge in [0, 0.05) is 34.0 Å². The summed E-state index contributed by atoms with van der Waals surface area (Å²) >= 11 is 0. The van der Waals surface area contributed by atoms with Crippen LogP contribution in [0.5, 0.6) is 23.0 Å². The fourth-order valence-electron chi connectivity index (χ4n) is 12.4. The van der Waals surface area contributed by atoms with Gasteiger partial charge in [-0.1, -0.05) is 233 Å². The zero-order chi connectivity index (χ0) is 55.9. The molecule has 4 heterocycles. The highest BCUT2D eigenvalue weighted by atomic mass is 28.4. The molecule has 1 fully saturated rings. The lowest BCUT2D eigenvalue weighted by Gasteiger charge is -2.47. The van der Waals surface area contributed by atoms with Crippen LogP contribution in [-0.4, -0.2) is 48.7 Å². The van der Waals surface area contributed by atoms with E-state index in [1.807, 2.05) is 152 Å². The topological polar surface area (TPSA) is 119 Å². The van der Waals surface area contributed by atoms with Gasteiger partial charge in [-0.05, 0) is 69.0 Å². The largest absolute Gasteiger partial charge is 0.457 e. The van der Waals surface area contributed by atoms with E-state index < -0.39 is 60.7 Å². The number of hydrogen-bond acceptors (Lipinski definition) is 9. The number of para-hydroxylation sites is 4. The van der Waals surface area contributed by atoms with Gasteiger partial charge in [-0.3, -0.25) is 9.36 Å². The summed E-state index contributed by atoms with van der Waals surface area (Å²) in [5, 5.41) is 4.56. The second-order valence-electron chi connectivity index (χ2n) is 21.8. The Kier molecular flexibility index (Phi) is 13.7. The van der Waals surface area contributed by atoms with E-state index in [2.05, 4.69) is 104 Å². The molecule has 11 nitrogen and oxygen atoms in total. The van der Waals surface area contributed by atoms with Gasteiger partial charge >= 0.3 is 5.69 Å². The van der Waals surface area contributed by atoms with Crippen molar-refractivity contribution in [3.63, 3.8) is 0 Å². The Hall–Kier alpha value is -9.01. The number of nitrogens with one attached hydrogen (secondary N) is 1. The molecule has 10 aromatic rings. The normalized spacial score (nSPS) is 18.3. The fraction of sp³-hybridized carbons (Fsp3) is 0.157. The highest BCUT2D eigenvalue weighted by molar-refractivity contribution is 6.99. The standard InChI is InChI=1S/C70H59N3O8Si/c1-68(2,3)82(51-33-15-7-16-34-51,52-35-17-8-18-36-52)76-47-61-63(80-69(49-29-11-5-12-30-49)53-37-19-23-41-57(53)77-58-42-24-20-38-54(58)69)64(66(79-61)73-46-45-62(72-67(73)75)71-65(74)48-27-9-4-10-28-48)81-70(50-31-13-6-14-32-50)55-39-21-25-43-59(55)78-60-44-26-22-40-56(60)70/h4-46,61,63-64,66H,47H2,1-3H3,(H,71,72,74,75)/t61-,63-,64-,66-/m1/s1. The summed E-state index contributed by atoms with van der Waals surface area (Å²) < 4.78 is 47.2. The molecule has 1 amide bonds. The molecule has 13 rings (SSSR count). The zero-order valence-corrected chi connectivity index (χ0v) is 46.5. The predicted octanol–water partition coefficient (Wildman–Crippen LogP) is 12.9.